The standard InChI is InChI=1S/C58H111N2O6P/c1-6-8-10-12-14-16-18-20-22-23-24-25-26-27-28-29-30-31-32-33-34-35-36-37-38-40-42-44-46-48-50-52-58(62)59-56(55-66-67(63,64)65-54-53-60(3,4)5)57(61)51-49-47-45-43-41-39-21-19-17-15-13-11-9-7-2/h17,19,27-28,41,43,49,51,56-57,61H,6-16,18,20-26,29-40,42,44-48,50,52-55H2,1-5H3,(H-,59,62,63,64)/b19-17+,28-27-,43-41+,51-49+. The number of hydrogen-bond donors (Lipinski definition) is 2. The fourth-order valence-corrected chi connectivity index (χ4v) is 8.96. The van der Waals surface area contributed by atoms with E-state index >= 15 is 0 Å². The first-order chi connectivity index (χ1) is 32.5. The average Bonchev–Trinajstić information content (AvgIpc) is 3.29. The van der Waals surface area contributed by atoms with Crippen LogP contribution in [-0.2, 0) is 18.4 Å². The summed E-state index contributed by atoms with van der Waals surface area (Å²) >= 11 is 0. The average molecular weight is 964 g/mol. The lowest BCUT2D eigenvalue weighted by atomic mass is 10.0. The number of likely N-dealkylation sites (N-methyl/N-ethyl adjacent to an activating group) is 1. The van der Waals surface area contributed by atoms with E-state index in [1.807, 2.05) is 27.2 Å². The van der Waals surface area contributed by atoms with Crippen LogP contribution in [0.3, 0.4) is 0 Å². The highest BCUT2D eigenvalue weighted by atomic mass is 31.2. The Labute approximate surface area is 416 Å². The molecule has 394 valence electrons. The number of aliphatic hydroxyl groups excluding tert-OH is 1. The van der Waals surface area contributed by atoms with E-state index in [1.54, 1.807) is 6.08 Å². The number of phosphoric acid groups is 1. The molecule has 0 radical (unpaired) electrons. The van der Waals surface area contributed by atoms with Crippen molar-refractivity contribution in [1.82, 2.24) is 5.32 Å². The summed E-state index contributed by atoms with van der Waals surface area (Å²) in [6.07, 6.45) is 64.9. The van der Waals surface area contributed by atoms with Gasteiger partial charge in [-0.3, -0.25) is 9.36 Å². The number of carbonyl (C=O) groups excluding carboxylic acids is 1. The quantitative estimate of drug-likeness (QED) is 0.0272. The lowest BCUT2D eigenvalue weighted by molar-refractivity contribution is -0.870. The molecule has 2 N–H and O–H groups in total. The molecule has 0 aliphatic rings. The molecule has 1 amide bonds. The molecule has 0 saturated heterocycles. The van der Waals surface area contributed by atoms with Gasteiger partial charge in [0.25, 0.3) is 7.82 Å². The van der Waals surface area contributed by atoms with Gasteiger partial charge in [-0.1, -0.05) is 236 Å². The maximum absolute atomic E-state index is 12.9. The van der Waals surface area contributed by atoms with Crippen molar-refractivity contribution in [2.75, 3.05) is 40.9 Å². The van der Waals surface area contributed by atoms with Crippen LogP contribution < -0.4 is 10.2 Å². The molecule has 9 heteroatoms. The van der Waals surface area contributed by atoms with E-state index in [2.05, 4.69) is 55.6 Å². The van der Waals surface area contributed by atoms with E-state index in [-0.39, 0.29) is 12.5 Å². The molecule has 8 nitrogen and oxygen atoms in total. The van der Waals surface area contributed by atoms with Crippen molar-refractivity contribution >= 4 is 13.7 Å². The van der Waals surface area contributed by atoms with Crippen LogP contribution in [-0.4, -0.2) is 68.5 Å². The van der Waals surface area contributed by atoms with Gasteiger partial charge in [-0.25, -0.2) is 0 Å². The van der Waals surface area contributed by atoms with Gasteiger partial charge < -0.3 is 28.8 Å². The number of rotatable bonds is 52. The Kier molecular flexibility index (Phi) is 48.3. The number of hydrogen-bond acceptors (Lipinski definition) is 6. The van der Waals surface area contributed by atoms with Crippen molar-refractivity contribution in [1.29, 1.82) is 0 Å². The zero-order valence-electron chi connectivity index (χ0n) is 44.9. The van der Waals surface area contributed by atoms with Crippen molar-refractivity contribution in [3.8, 4) is 0 Å². The molecule has 0 aromatic heterocycles. The molecule has 0 saturated carbocycles. The van der Waals surface area contributed by atoms with Gasteiger partial charge in [0.1, 0.15) is 13.2 Å². The van der Waals surface area contributed by atoms with Gasteiger partial charge in [-0.2, -0.15) is 0 Å². The van der Waals surface area contributed by atoms with Crippen molar-refractivity contribution in [3.63, 3.8) is 0 Å². The minimum atomic E-state index is -4.60. The van der Waals surface area contributed by atoms with Crippen molar-refractivity contribution in [2.24, 2.45) is 0 Å². The third kappa shape index (κ3) is 52.1. The summed E-state index contributed by atoms with van der Waals surface area (Å²) in [5, 5.41) is 13.8. The number of amides is 1. The van der Waals surface area contributed by atoms with Crippen LogP contribution in [0.4, 0.5) is 0 Å². The van der Waals surface area contributed by atoms with Gasteiger partial charge >= 0.3 is 0 Å². The van der Waals surface area contributed by atoms with Gasteiger partial charge in [-0.15, -0.1) is 0 Å². The SMILES string of the molecule is CCCCCC/C=C/CC/C=C/CC/C=C/C(O)C(COP(=O)([O-])OCC[N+](C)(C)C)NC(=O)CCCCCCCCCCCCCCCCC/C=C\CCCCCCCCCCCCCC. The second kappa shape index (κ2) is 49.4. The Bertz CT molecular complexity index is 1230. The van der Waals surface area contributed by atoms with Crippen LogP contribution in [0.5, 0.6) is 0 Å². The Morgan fingerprint density at radius 2 is 0.836 bits per heavy atom. The molecule has 0 aliphatic heterocycles. The zero-order chi connectivity index (χ0) is 49.2. The largest absolute Gasteiger partial charge is 0.756 e. The zero-order valence-corrected chi connectivity index (χ0v) is 45.7. The summed E-state index contributed by atoms with van der Waals surface area (Å²) in [4.78, 5) is 25.4. The summed E-state index contributed by atoms with van der Waals surface area (Å²) < 4.78 is 23.3. The Morgan fingerprint density at radius 3 is 1.22 bits per heavy atom. The van der Waals surface area contributed by atoms with E-state index in [4.69, 9.17) is 9.05 Å². The molecule has 0 aromatic rings. The van der Waals surface area contributed by atoms with Gasteiger partial charge in [0, 0.05) is 6.42 Å². The first kappa shape index (κ1) is 65.5. The Balaban J connectivity index is 4.09. The van der Waals surface area contributed by atoms with E-state index in [0.29, 0.717) is 17.4 Å². The van der Waals surface area contributed by atoms with Crippen LogP contribution in [0.15, 0.2) is 48.6 Å². The van der Waals surface area contributed by atoms with Gasteiger partial charge in [0.15, 0.2) is 0 Å². The third-order valence-corrected chi connectivity index (χ3v) is 13.7. The molecular weight excluding hydrogens is 852 g/mol. The molecule has 0 heterocycles. The van der Waals surface area contributed by atoms with Crippen molar-refractivity contribution in [3.05, 3.63) is 48.6 Å². The van der Waals surface area contributed by atoms with E-state index < -0.39 is 26.6 Å². The number of nitrogens with zero attached hydrogens (tertiary/aromatic N) is 1. The summed E-state index contributed by atoms with van der Waals surface area (Å²) in [6, 6.07) is -0.909. The van der Waals surface area contributed by atoms with Gasteiger partial charge in [-0.05, 0) is 70.6 Å². The predicted molar refractivity (Wildman–Crippen MR) is 288 cm³/mol. The van der Waals surface area contributed by atoms with E-state index in [1.165, 1.54) is 193 Å². The molecule has 0 aromatic carbocycles. The minimum Gasteiger partial charge on any atom is -0.756 e. The van der Waals surface area contributed by atoms with Crippen LogP contribution >= 0.6 is 7.82 Å². The van der Waals surface area contributed by atoms with Gasteiger partial charge in [0.05, 0.1) is 39.9 Å². The van der Waals surface area contributed by atoms with E-state index in [0.717, 1.165) is 51.4 Å². The second-order valence-electron chi connectivity index (χ2n) is 20.6. The topological polar surface area (TPSA) is 108 Å². The highest BCUT2D eigenvalue weighted by Crippen LogP contribution is 2.38. The molecule has 0 rings (SSSR count). The second-order valence-corrected chi connectivity index (χ2v) is 22.0. The molecule has 3 atom stereocenters. The number of nitrogens with one attached hydrogen (secondary N) is 1. The molecular formula is C58H111N2O6P. The number of aliphatic hydroxyl groups is 1. The Hall–Kier alpha value is -1.54. The number of carbonyl (C=O) groups is 1. The number of phosphoric ester groups is 1. The summed E-state index contributed by atoms with van der Waals surface area (Å²) in [7, 11) is 1.24. The van der Waals surface area contributed by atoms with Crippen molar-refractivity contribution < 1.29 is 32.9 Å². The molecule has 0 aliphatic carbocycles. The molecule has 0 spiro atoms. The minimum absolute atomic E-state index is 0.00905. The fraction of sp³-hybridized carbons (Fsp3) is 0.845. The normalized spacial score (nSPS) is 14.3. The Morgan fingerprint density at radius 1 is 0.507 bits per heavy atom. The van der Waals surface area contributed by atoms with Gasteiger partial charge in [0.2, 0.25) is 5.91 Å². The summed E-state index contributed by atoms with van der Waals surface area (Å²) in [5.74, 6) is -0.210. The molecule has 67 heavy (non-hydrogen) atoms. The maximum atomic E-state index is 12.9. The fourth-order valence-electron chi connectivity index (χ4n) is 8.24. The van der Waals surface area contributed by atoms with Crippen LogP contribution in [0.1, 0.15) is 264 Å². The smallest absolute Gasteiger partial charge is 0.268 e. The molecule has 3 unspecified atom stereocenters. The van der Waals surface area contributed by atoms with Crippen LogP contribution in [0, 0.1) is 0 Å². The highest BCUT2D eigenvalue weighted by molar-refractivity contribution is 7.45. The van der Waals surface area contributed by atoms with Crippen LogP contribution in [0.25, 0.3) is 0 Å². The highest BCUT2D eigenvalue weighted by Gasteiger charge is 2.23. The number of allylic oxidation sites excluding steroid dienone is 7. The first-order valence-corrected chi connectivity index (χ1v) is 30.0. The lowest BCUT2D eigenvalue weighted by Gasteiger charge is -2.29. The lowest BCUT2D eigenvalue weighted by Crippen LogP contribution is -2.45. The van der Waals surface area contributed by atoms with Crippen molar-refractivity contribution in [2.45, 2.75) is 276 Å². The maximum Gasteiger partial charge on any atom is 0.268 e. The third-order valence-electron chi connectivity index (χ3n) is 12.7. The number of unbranched alkanes of at least 4 members (excludes halogenated alkanes) is 33. The summed E-state index contributed by atoms with van der Waals surface area (Å²) in [5.41, 5.74) is 0. The molecule has 0 bridgehead atoms. The monoisotopic (exact) mass is 963 g/mol. The first-order valence-electron chi connectivity index (χ1n) is 28.5. The van der Waals surface area contributed by atoms with E-state index in [9.17, 15) is 19.4 Å². The predicted octanol–water partition coefficient (Wildman–Crippen LogP) is 16.5. The number of quaternary nitrogens is 1. The summed E-state index contributed by atoms with van der Waals surface area (Å²) in [6.45, 7) is 4.61. The van der Waals surface area contributed by atoms with Crippen LogP contribution in [0.2, 0.25) is 0 Å². The molecule has 0 fully saturated rings.